The first-order valence-corrected chi connectivity index (χ1v) is 9.81. The van der Waals surface area contributed by atoms with Crippen molar-refractivity contribution in [3.05, 3.63) is 62.9 Å². The molecule has 1 heterocycles. The number of aromatic nitrogens is 1. The van der Waals surface area contributed by atoms with Crippen LogP contribution in [0.25, 0.3) is 11.3 Å². The van der Waals surface area contributed by atoms with Gasteiger partial charge in [0.2, 0.25) is 0 Å². The molecular formula is C20H19BrN2O2S. The number of ether oxygens (including phenoxy) is 1. The van der Waals surface area contributed by atoms with Crippen molar-refractivity contribution in [1.82, 2.24) is 4.98 Å². The Balaban J connectivity index is 1.63. The molecule has 1 amide bonds. The van der Waals surface area contributed by atoms with E-state index < -0.39 is 0 Å². The second-order valence-electron chi connectivity index (χ2n) is 6.09. The van der Waals surface area contributed by atoms with Gasteiger partial charge in [0.05, 0.1) is 5.69 Å². The zero-order chi connectivity index (χ0) is 18.7. The third-order valence-corrected chi connectivity index (χ3v) is 5.24. The highest BCUT2D eigenvalue weighted by atomic mass is 79.9. The molecule has 0 aliphatic rings. The van der Waals surface area contributed by atoms with Gasteiger partial charge in [-0.15, -0.1) is 11.3 Å². The average Bonchev–Trinajstić information content (AvgIpc) is 3.05. The van der Waals surface area contributed by atoms with Gasteiger partial charge >= 0.3 is 0 Å². The van der Waals surface area contributed by atoms with E-state index in [0.717, 1.165) is 38.2 Å². The quantitative estimate of drug-likeness (QED) is 0.579. The number of amides is 1. The number of nitrogens with zero attached hydrogens (tertiary/aromatic N) is 1. The third-order valence-electron chi connectivity index (χ3n) is 3.99. The van der Waals surface area contributed by atoms with E-state index in [-0.39, 0.29) is 12.5 Å². The molecule has 6 heteroatoms. The number of aryl methyl sites for hydroxylation is 2. The summed E-state index contributed by atoms with van der Waals surface area (Å²) in [5, 5.41) is 5.28. The van der Waals surface area contributed by atoms with Crippen LogP contribution in [0.5, 0.6) is 5.75 Å². The normalized spacial score (nSPS) is 10.6. The second-order valence-corrected chi connectivity index (χ2v) is 7.86. The Bertz CT molecular complexity index is 953. The summed E-state index contributed by atoms with van der Waals surface area (Å²) < 4.78 is 6.69. The molecule has 0 atom stereocenters. The topological polar surface area (TPSA) is 51.2 Å². The lowest BCUT2D eigenvalue weighted by Gasteiger charge is -2.11. The zero-order valence-electron chi connectivity index (χ0n) is 14.8. The van der Waals surface area contributed by atoms with Gasteiger partial charge < -0.3 is 4.74 Å². The van der Waals surface area contributed by atoms with Crippen LogP contribution in [-0.4, -0.2) is 17.5 Å². The number of carbonyl (C=O) groups excluding carboxylic acids is 1. The SMILES string of the molecule is Cc1cc(C)c(C)c(OCC(=O)Nc2nc(-c3cccc(Br)c3)cs2)c1. The molecule has 2 aromatic carbocycles. The highest BCUT2D eigenvalue weighted by Crippen LogP contribution is 2.27. The number of hydrogen-bond donors (Lipinski definition) is 1. The fraction of sp³-hybridized carbons (Fsp3) is 0.200. The first-order valence-electron chi connectivity index (χ1n) is 8.14. The summed E-state index contributed by atoms with van der Waals surface area (Å²) in [7, 11) is 0. The number of carbonyl (C=O) groups is 1. The molecule has 0 aliphatic heterocycles. The largest absolute Gasteiger partial charge is 0.483 e. The van der Waals surface area contributed by atoms with E-state index in [0.29, 0.717) is 5.13 Å². The summed E-state index contributed by atoms with van der Waals surface area (Å²) >= 11 is 4.85. The van der Waals surface area contributed by atoms with Crippen molar-refractivity contribution >= 4 is 38.3 Å². The molecule has 0 aliphatic carbocycles. The van der Waals surface area contributed by atoms with Gasteiger partial charge in [-0.25, -0.2) is 4.98 Å². The van der Waals surface area contributed by atoms with E-state index in [1.54, 1.807) is 0 Å². The van der Waals surface area contributed by atoms with Crippen molar-refractivity contribution < 1.29 is 9.53 Å². The maximum atomic E-state index is 12.2. The van der Waals surface area contributed by atoms with Crippen molar-refractivity contribution in [3.63, 3.8) is 0 Å². The van der Waals surface area contributed by atoms with Crippen LogP contribution >= 0.6 is 27.3 Å². The molecule has 134 valence electrons. The summed E-state index contributed by atoms with van der Waals surface area (Å²) in [4.78, 5) is 16.7. The number of halogens is 1. The maximum absolute atomic E-state index is 12.2. The molecular weight excluding hydrogens is 412 g/mol. The minimum absolute atomic E-state index is 0.0461. The Morgan fingerprint density at radius 1 is 1.23 bits per heavy atom. The molecule has 0 saturated carbocycles. The lowest BCUT2D eigenvalue weighted by molar-refractivity contribution is -0.118. The Labute approximate surface area is 165 Å². The van der Waals surface area contributed by atoms with Gasteiger partial charge in [0.15, 0.2) is 11.7 Å². The van der Waals surface area contributed by atoms with Crippen LogP contribution in [-0.2, 0) is 4.79 Å². The summed E-state index contributed by atoms with van der Waals surface area (Å²) in [5.74, 6) is 0.519. The van der Waals surface area contributed by atoms with Crippen molar-refractivity contribution in [3.8, 4) is 17.0 Å². The van der Waals surface area contributed by atoms with E-state index in [1.165, 1.54) is 11.3 Å². The first-order chi connectivity index (χ1) is 12.4. The van der Waals surface area contributed by atoms with Crippen molar-refractivity contribution in [1.29, 1.82) is 0 Å². The first kappa shape index (κ1) is 18.6. The molecule has 0 radical (unpaired) electrons. The summed E-state index contributed by atoms with van der Waals surface area (Å²) in [6.45, 7) is 6.00. The molecule has 0 fully saturated rings. The number of hydrogen-bond acceptors (Lipinski definition) is 4. The third kappa shape index (κ3) is 4.51. The monoisotopic (exact) mass is 430 g/mol. The molecule has 0 saturated heterocycles. The number of thiazole rings is 1. The number of anilines is 1. The number of benzene rings is 2. The van der Waals surface area contributed by atoms with E-state index >= 15 is 0 Å². The zero-order valence-corrected chi connectivity index (χ0v) is 17.2. The standard InChI is InChI=1S/C20H19BrN2O2S/c1-12-7-13(2)14(3)18(8-12)25-10-19(24)23-20-22-17(11-26-20)15-5-4-6-16(21)9-15/h4-9,11H,10H2,1-3H3,(H,22,23,24). The summed E-state index contributed by atoms with van der Waals surface area (Å²) in [6.07, 6.45) is 0. The molecule has 4 nitrogen and oxygen atoms in total. The van der Waals surface area contributed by atoms with Crippen molar-refractivity contribution in [2.75, 3.05) is 11.9 Å². The predicted molar refractivity (Wildman–Crippen MR) is 110 cm³/mol. The molecule has 1 N–H and O–H groups in total. The van der Waals surface area contributed by atoms with Crippen LogP contribution in [0.2, 0.25) is 0 Å². The van der Waals surface area contributed by atoms with Gasteiger partial charge in [0.25, 0.3) is 5.91 Å². The fourth-order valence-corrected chi connectivity index (χ4v) is 3.70. The maximum Gasteiger partial charge on any atom is 0.264 e. The van der Waals surface area contributed by atoms with E-state index in [2.05, 4.69) is 32.3 Å². The van der Waals surface area contributed by atoms with Crippen LogP contribution in [0.1, 0.15) is 16.7 Å². The Morgan fingerprint density at radius 2 is 2.04 bits per heavy atom. The highest BCUT2D eigenvalue weighted by Gasteiger charge is 2.11. The van der Waals surface area contributed by atoms with Crippen LogP contribution in [0.15, 0.2) is 46.3 Å². The Hall–Kier alpha value is -2.18. The van der Waals surface area contributed by atoms with Crippen LogP contribution in [0.3, 0.4) is 0 Å². The summed E-state index contributed by atoms with van der Waals surface area (Å²) in [5.41, 5.74) is 5.14. The van der Waals surface area contributed by atoms with Crippen LogP contribution < -0.4 is 10.1 Å². The van der Waals surface area contributed by atoms with Gasteiger partial charge in [0.1, 0.15) is 5.75 Å². The van der Waals surface area contributed by atoms with E-state index in [9.17, 15) is 4.79 Å². The minimum atomic E-state index is -0.223. The van der Waals surface area contributed by atoms with E-state index in [4.69, 9.17) is 4.74 Å². The molecule has 3 rings (SSSR count). The second kappa shape index (κ2) is 8.01. The molecule has 1 aromatic heterocycles. The van der Waals surface area contributed by atoms with Crippen molar-refractivity contribution in [2.24, 2.45) is 0 Å². The number of rotatable bonds is 5. The molecule has 0 unspecified atom stereocenters. The molecule has 0 spiro atoms. The molecule has 3 aromatic rings. The smallest absolute Gasteiger partial charge is 0.264 e. The van der Waals surface area contributed by atoms with Gasteiger partial charge in [-0.2, -0.15) is 0 Å². The van der Waals surface area contributed by atoms with Gasteiger partial charge in [-0.1, -0.05) is 34.1 Å². The Kier molecular flexibility index (Phi) is 5.74. The van der Waals surface area contributed by atoms with Crippen LogP contribution in [0.4, 0.5) is 5.13 Å². The number of nitrogens with one attached hydrogen (secondary N) is 1. The lowest BCUT2D eigenvalue weighted by Crippen LogP contribution is -2.20. The molecule has 26 heavy (non-hydrogen) atoms. The van der Waals surface area contributed by atoms with Crippen molar-refractivity contribution in [2.45, 2.75) is 20.8 Å². The van der Waals surface area contributed by atoms with Gasteiger partial charge in [0, 0.05) is 15.4 Å². The lowest BCUT2D eigenvalue weighted by atomic mass is 10.1. The van der Waals surface area contributed by atoms with Crippen LogP contribution in [0, 0.1) is 20.8 Å². The highest BCUT2D eigenvalue weighted by molar-refractivity contribution is 9.10. The fourth-order valence-electron chi connectivity index (χ4n) is 2.56. The van der Waals surface area contributed by atoms with Gasteiger partial charge in [-0.05, 0) is 55.7 Å². The average molecular weight is 431 g/mol. The minimum Gasteiger partial charge on any atom is -0.483 e. The Morgan fingerprint density at radius 3 is 2.81 bits per heavy atom. The molecule has 0 bridgehead atoms. The van der Waals surface area contributed by atoms with E-state index in [1.807, 2.05) is 56.5 Å². The van der Waals surface area contributed by atoms with Gasteiger partial charge in [-0.3, -0.25) is 10.1 Å². The summed E-state index contributed by atoms with van der Waals surface area (Å²) in [6, 6.07) is 11.9. The predicted octanol–water partition coefficient (Wildman–Crippen LogP) is 5.52.